The van der Waals surface area contributed by atoms with Crippen molar-refractivity contribution in [1.29, 1.82) is 0 Å². The Morgan fingerprint density at radius 2 is 2.29 bits per heavy atom. The van der Waals surface area contributed by atoms with Crippen LogP contribution < -0.4 is 10.1 Å². The van der Waals surface area contributed by atoms with Gasteiger partial charge in [0.2, 0.25) is 5.91 Å². The van der Waals surface area contributed by atoms with E-state index in [1.807, 2.05) is 0 Å². The number of nitrogens with one attached hydrogen (secondary N) is 1. The molecule has 5 nitrogen and oxygen atoms in total. The fourth-order valence-corrected chi connectivity index (χ4v) is 3.00. The number of alkyl halides is 2. The molecular weight excluding hydrogens is 302 g/mol. The average molecular weight is 318 g/mol. The van der Waals surface area contributed by atoms with Crippen molar-refractivity contribution in [3.63, 3.8) is 0 Å². The third-order valence-corrected chi connectivity index (χ3v) is 4.27. The second-order valence-corrected chi connectivity index (χ2v) is 6.16. The zero-order chi connectivity index (χ0) is 15.6. The van der Waals surface area contributed by atoms with Gasteiger partial charge in [0.15, 0.2) is 0 Å². The van der Waals surface area contributed by atoms with Gasteiger partial charge in [0.1, 0.15) is 10.6 Å². The lowest BCUT2D eigenvalue weighted by atomic mass is 10.0. The second-order valence-electron chi connectivity index (χ2n) is 4.91. The largest absolute Gasteiger partial charge is 0.433 e. The average Bonchev–Trinajstić information content (AvgIpc) is 2.74. The lowest BCUT2D eigenvalue weighted by Crippen LogP contribution is -2.46. The first-order chi connectivity index (χ1) is 9.86. The number of likely N-dealkylation sites (tertiary alicyclic amines) is 1. The van der Waals surface area contributed by atoms with E-state index in [0.29, 0.717) is 17.8 Å². The van der Waals surface area contributed by atoms with E-state index in [1.54, 1.807) is 18.9 Å². The zero-order valence-electron chi connectivity index (χ0n) is 11.7. The van der Waals surface area contributed by atoms with Crippen molar-refractivity contribution >= 4 is 23.2 Å². The maximum atomic E-state index is 12.3. The molecule has 1 saturated heterocycles. The fourth-order valence-electron chi connectivity index (χ4n) is 2.15. The molecule has 1 aliphatic rings. The Morgan fingerprint density at radius 3 is 2.90 bits per heavy atom. The fraction of sp³-hybridized carbons (Fsp3) is 0.538. The molecule has 0 aromatic carbocycles. The first kappa shape index (κ1) is 15.7. The van der Waals surface area contributed by atoms with Crippen LogP contribution in [0.2, 0.25) is 0 Å². The third kappa shape index (κ3) is 3.90. The summed E-state index contributed by atoms with van der Waals surface area (Å²) in [7, 11) is 1.71. The van der Waals surface area contributed by atoms with Gasteiger partial charge in [-0.3, -0.25) is 9.59 Å². The van der Waals surface area contributed by atoms with Crippen molar-refractivity contribution in [1.82, 2.24) is 10.2 Å². The van der Waals surface area contributed by atoms with E-state index in [1.165, 1.54) is 6.07 Å². The van der Waals surface area contributed by atoms with E-state index in [-0.39, 0.29) is 29.0 Å². The molecule has 8 heteroatoms. The first-order valence-electron chi connectivity index (χ1n) is 6.47. The summed E-state index contributed by atoms with van der Waals surface area (Å²) in [6.07, 6.45) is 0.862. The number of aryl methyl sites for hydroxylation is 1. The van der Waals surface area contributed by atoms with Crippen LogP contribution >= 0.6 is 11.3 Å². The van der Waals surface area contributed by atoms with Crippen molar-refractivity contribution in [2.75, 3.05) is 13.6 Å². The summed E-state index contributed by atoms with van der Waals surface area (Å²) in [5, 5.41) is 2.71. The SMILES string of the molecule is Cc1cc(OC(F)F)c(C(=O)NC2CCN(C)C(=O)C2)s1. The van der Waals surface area contributed by atoms with Crippen LogP contribution in [0.25, 0.3) is 0 Å². The minimum absolute atomic E-state index is 0.0436. The predicted molar refractivity (Wildman–Crippen MR) is 73.8 cm³/mol. The predicted octanol–water partition coefficient (Wildman–Crippen LogP) is 2.01. The van der Waals surface area contributed by atoms with Crippen LogP contribution in [0, 0.1) is 6.92 Å². The second kappa shape index (κ2) is 6.38. The number of thiophene rings is 1. The van der Waals surface area contributed by atoms with E-state index in [0.717, 1.165) is 11.3 Å². The summed E-state index contributed by atoms with van der Waals surface area (Å²) in [6.45, 7) is -0.706. The van der Waals surface area contributed by atoms with Gasteiger partial charge in [0.25, 0.3) is 5.91 Å². The maximum Gasteiger partial charge on any atom is 0.387 e. The molecule has 0 bridgehead atoms. The van der Waals surface area contributed by atoms with Crippen molar-refractivity contribution in [3.05, 3.63) is 15.8 Å². The van der Waals surface area contributed by atoms with Gasteiger partial charge in [-0.2, -0.15) is 8.78 Å². The molecule has 1 aliphatic heterocycles. The van der Waals surface area contributed by atoms with Crippen LogP contribution in [0.3, 0.4) is 0 Å². The summed E-state index contributed by atoms with van der Waals surface area (Å²) < 4.78 is 29.0. The maximum absolute atomic E-state index is 12.3. The molecule has 1 N–H and O–H groups in total. The van der Waals surface area contributed by atoms with Crippen molar-refractivity contribution in [3.8, 4) is 5.75 Å². The Labute approximate surface area is 124 Å². The highest BCUT2D eigenvalue weighted by molar-refractivity contribution is 7.14. The highest BCUT2D eigenvalue weighted by atomic mass is 32.1. The lowest BCUT2D eigenvalue weighted by molar-refractivity contribution is -0.132. The van der Waals surface area contributed by atoms with E-state index in [2.05, 4.69) is 10.1 Å². The number of piperidine rings is 1. The van der Waals surface area contributed by atoms with Crippen LogP contribution in [0.15, 0.2) is 6.07 Å². The Bertz CT molecular complexity index is 548. The zero-order valence-corrected chi connectivity index (χ0v) is 12.5. The number of hydrogen-bond donors (Lipinski definition) is 1. The minimum Gasteiger partial charge on any atom is -0.433 e. The minimum atomic E-state index is -2.98. The number of rotatable bonds is 4. The highest BCUT2D eigenvalue weighted by Crippen LogP contribution is 2.30. The molecule has 1 atom stereocenters. The van der Waals surface area contributed by atoms with Gasteiger partial charge >= 0.3 is 6.61 Å². The number of nitrogens with zero attached hydrogens (tertiary/aromatic N) is 1. The lowest BCUT2D eigenvalue weighted by Gasteiger charge is -2.29. The Balaban J connectivity index is 2.05. The monoisotopic (exact) mass is 318 g/mol. The standard InChI is InChI=1S/C13H16F2N2O3S/c1-7-5-9(20-13(14)15)11(21-7)12(19)16-8-3-4-17(2)10(18)6-8/h5,8,13H,3-4,6H2,1-2H3,(H,16,19). The summed E-state index contributed by atoms with van der Waals surface area (Å²) in [6, 6.07) is 1.13. The van der Waals surface area contributed by atoms with Crippen LogP contribution in [0.1, 0.15) is 27.4 Å². The topological polar surface area (TPSA) is 58.6 Å². The molecule has 21 heavy (non-hydrogen) atoms. The normalized spacial score (nSPS) is 19.0. The molecule has 2 amide bonds. The van der Waals surface area contributed by atoms with Crippen molar-refractivity contribution < 1.29 is 23.1 Å². The highest BCUT2D eigenvalue weighted by Gasteiger charge is 2.27. The summed E-state index contributed by atoms with van der Waals surface area (Å²) in [5.41, 5.74) is 0. The third-order valence-electron chi connectivity index (χ3n) is 3.24. The molecular formula is C13H16F2N2O3S. The molecule has 1 unspecified atom stereocenters. The molecule has 1 fully saturated rings. The Hall–Kier alpha value is -1.70. The molecule has 1 aromatic heterocycles. The molecule has 2 heterocycles. The molecule has 1 aromatic rings. The first-order valence-corrected chi connectivity index (χ1v) is 7.28. The van der Waals surface area contributed by atoms with Gasteiger partial charge in [-0.1, -0.05) is 0 Å². The number of ether oxygens (including phenoxy) is 1. The van der Waals surface area contributed by atoms with Crippen LogP contribution in [0.4, 0.5) is 8.78 Å². The number of carbonyl (C=O) groups excluding carboxylic acids is 2. The van der Waals surface area contributed by atoms with Crippen molar-refractivity contribution in [2.45, 2.75) is 32.4 Å². The molecule has 0 aliphatic carbocycles. The number of halogens is 2. The molecule has 0 saturated carbocycles. The van der Waals surface area contributed by atoms with E-state index >= 15 is 0 Å². The summed E-state index contributed by atoms with van der Waals surface area (Å²) in [4.78, 5) is 26.2. The Kier molecular flexibility index (Phi) is 4.76. The summed E-state index contributed by atoms with van der Waals surface area (Å²) >= 11 is 1.09. The van der Waals surface area contributed by atoms with Crippen LogP contribution in [0.5, 0.6) is 5.75 Å². The van der Waals surface area contributed by atoms with Crippen LogP contribution in [-0.4, -0.2) is 43.0 Å². The van der Waals surface area contributed by atoms with Crippen molar-refractivity contribution in [2.24, 2.45) is 0 Å². The number of carbonyl (C=O) groups is 2. The molecule has 116 valence electrons. The van der Waals surface area contributed by atoms with E-state index in [9.17, 15) is 18.4 Å². The molecule has 0 spiro atoms. The van der Waals surface area contributed by atoms with Gasteiger partial charge in [0, 0.05) is 30.9 Å². The van der Waals surface area contributed by atoms with Gasteiger partial charge in [-0.15, -0.1) is 11.3 Å². The van der Waals surface area contributed by atoms with Gasteiger partial charge in [-0.05, 0) is 19.4 Å². The number of amides is 2. The Morgan fingerprint density at radius 1 is 1.57 bits per heavy atom. The smallest absolute Gasteiger partial charge is 0.387 e. The van der Waals surface area contributed by atoms with E-state index < -0.39 is 12.5 Å². The van der Waals surface area contributed by atoms with Crippen LogP contribution in [-0.2, 0) is 4.79 Å². The quantitative estimate of drug-likeness (QED) is 0.924. The van der Waals surface area contributed by atoms with E-state index in [4.69, 9.17) is 0 Å². The summed E-state index contributed by atoms with van der Waals surface area (Å²) in [5.74, 6) is -0.645. The number of hydrogen-bond acceptors (Lipinski definition) is 4. The van der Waals surface area contributed by atoms with Gasteiger partial charge in [0.05, 0.1) is 0 Å². The molecule has 0 radical (unpaired) electrons. The molecule has 2 rings (SSSR count). The van der Waals surface area contributed by atoms with Gasteiger partial charge in [-0.25, -0.2) is 0 Å². The van der Waals surface area contributed by atoms with Gasteiger partial charge < -0.3 is 15.0 Å².